The molecule has 0 saturated carbocycles. The third-order valence-corrected chi connectivity index (χ3v) is 3.47. The molecule has 1 aliphatic rings. The number of carbonyl (C=O) groups excluding carboxylic acids is 2. The highest BCUT2D eigenvalue weighted by Gasteiger charge is 2.32. The van der Waals surface area contributed by atoms with Gasteiger partial charge in [-0.25, -0.2) is 4.79 Å². The Morgan fingerprint density at radius 3 is 2.94 bits per heavy atom. The zero-order valence-corrected chi connectivity index (χ0v) is 10.7. The van der Waals surface area contributed by atoms with E-state index in [0.717, 1.165) is 12.8 Å². The molecule has 0 aromatic heterocycles. The second-order valence-corrected chi connectivity index (χ2v) is 4.76. The van der Waals surface area contributed by atoms with E-state index in [1.54, 1.807) is 4.90 Å². The molecule has 0 aromatic rings. The Kier molecular flexibility index (Phi) is 5.84. The minimum Gasteiger partial charge on any atom is -0.467 e. The molecule has 17 heavy (non-hydrogen) atoms. The van der Waals surface area contributed by atoms with E-state index in [-0.39, 0.29) is 17.6 Å². The number of likely N-dealkylation sites (tertiary alicyclic amines) is 1. The minimum absolute atomic E-state index is 0.0830. The average Bonchev–Trinajstić information content (AvgIpc) is 2.38. The topological polar surface area (TPSA) is 70.4 Å². The van der Waals surface area contributed by atoms with Crippen molar-refractivity contribution < 1.29 is 14.3 Å². The summed E-state index contributed by atoms with van der Waals surface area (Å²) in [5.41, 5.74) is 0. The summed E-state index contributed by atoms with van der Waals surface area (Å²) >= 11 is 1.27. The van der Waals surface area contributed by atoms with Gasteiger partial charge in [0.1, 0.15) is 6.04 Å². The Bertz CT molecular complexity index is 327. The maximum Gasteiger partial charge on any atom is 0.328 e. The van der Waals surface area contributed by atoms with E-state index < -0.39 is 6.04 Å². The van der Waals surface area contributed by atoms with Gasteiger partial charge in [-0.15, -0.1) is 11.8 Å². The number of nitriles is 1. The smallest absolute Gasteiger partial charge is 0.328 e. The van der Waals surface area contributed by atoms with Crippen molar-refractivity contribution in [1.29, 1.82) is 5.26 Å². The third-order valence-electron chi connectivity index (χ3n) is 2.69. The zero-order valence-electron chi connectivity index (χ0n) is 9.85. The van der Waals surface area contributed by atoms with Gasteiger partial charge < -0.3 is 9.64 Å². The number of amides is 1. The molecule has 1 amide bonds. The average molecular weight is 256 g/mol. The Balaban J connectivity index is 2.55. The standard InChI is InChI=1S/C11H16N2O3S/c1-16-11(15)9-4-2-3-6-13(9)10(14)8-17-7-5-12/h9H,2-4,6-8H2,1H3. The quantitative estimate of drug-likeness (QED) is 0.549. The van der Waals surface area contributed by atoms with Crippen LogP contribution >= 0.6 is 11.8 Å². The highest BCUT2D eigenvalue weighted by Crippen LogP contribution is 2.19. The van der Waals surface area contributed by atoms with Gasteiger partial charge in [-0.1, -0.05) is 0 Å². The number of hydrogen-bond acceptors (Lipinski definition) is 5. The lowest BCUT2D eigenvalue weighted by Crippen LogP contribution is -2.49. The molecule has 0 radical (unpaired) electrons. The van der Waals surface area contributed by atoms with Gasteiger partial charge in [0.05, 0.1) is 24.7 Å². The Morgan fingerprint density at radius 1 is 1.53 bits per heavy atom. The van der Waals surface area contributed by atoms with Crippen molar-refractivity contribution >= 4 is 23.6 Å². The molecule has 1 unspecified atom stereocenters. The zero-order chi connectivity index (χ0) is 12.7. The predicted octanol–water partition coefficient (Wildman–Crippen LogP) is 0.797. The first kappa shape index (κ1) is 13.8. The van der Waals surface area contributed by atoms with Crippen molar-refractivity contribution in [1.82, 2.24) is 4.90 Å². The van der Waals surface area contributed by atoms with E-state index in [1.165, 1.54) is 18.9 Å². The normalized spacial score (nSPS) is 19.5. The Labute approximate surface area is 105 Å². The van der Waals surface area contributed by atoms with Crippen molar-refractivity contribution in [2.45, 2.75) is 25.3 Å². The minimum atomic E-state index is -0.441. The molecule has 0 aromatic carbocycles. The highest BCUT2D eigenvalue weighted by atomic mass is 32.2. The molecule has 0 aliphatic carbocycles. The summed E-state index contributed by atoms with van der Waals surface area (Å²) in [6.07, 6.45) is 2.53. The molecular formula is C11H16N2O3S. The molecule has 0 N–H and O–H groups in total. The lowest BCUT2D eigenvalue weighted by Gasteiger charge is -2.33. The van der Waals surface area contributed by atoms with Crippen LogP contribution in [0, 0.1) is 11.3 Å². The molecule has 5 nitrogen and oxygen atoms in total. The van der Waals surface area contributed by atoms with Crippen molar-refractivity contribution in [2.75, 3.05) is 25.2 Å². The van der Waals surface area contributed by atoms with Crippen LogP contribution in [0.4, 0.5) is 0 Å². The summed E-state index contributed by atoms with van der Waals surface area (Å²) in [4.78, 5) is 25.0. The molecule has 94 valence electrons. The number of esters is 1. The molecule has 0 bridgehead atoms. The number of nitrogens with zero attached hydrogens (tertiary/aromatic N) is 2. The first-order valence-electron chi connectivity index (χ1n) is 5.52. The molecular weight excluding hydrogens is 240 g/mol. The second-order valence-electron chi connectivity index (χ2n) is 3.77. The highest BCUT2D eigenvalue weighted by molar-refractivity contribution is 8.00. The number of carbonyl (C=O) groups is 2. The lowest BCUT2D eigenvalue weighted by molar-refractivity contribution is -0.153. The van der Waals surface area contributed by atoms with Gasteiger partial charge in [-0.3, -0.25) is 4.79 Å². The van der Waals surface area contributed by atoms with Gasteiger partial charge in [0.25, 0.3) is 0 Å². The monoisotopic (exact) mass is 256 g/mol. The van der Waals surface area contributed by atoms with Crippen LogP contribution in [0.1, 0.15) is 19.3 Å². The second kappa shape index (κ2) is 7.17. The molecule has 6 heteroatoms. The fourth-order valence-electron chi connectivity index (χ4n) is 1.88. The summed E-state index contributed by atoms with van der Waals surface area (Å²) < 4.78 is 4.70. The van der Waals surface area contributed by atoms with Crippen LogP contribution < -0.4 is 0 Å². The fraction of sp³-hybridized carbons (Fsp3) is 0.727. The van der Waals surface area contributed by atoms with E-state index in [1.807, 2.05) is 6.07 Å². The van der Waals surface area contributed by atoms with Crippen LogP contribution in [0.3, 0.4) is 0 Å². The Hall–Kier alpha value is -1.22. The van der Waals surface area contributed by atoms with Crippen LogP contribution in [0.5, 0.6) is 0 Å². The first-order valence-corrected chi connectivity index (χ1v) is 6.68. The number of thioether (sulfide) groups is 1. The van der Waals surface area contributed by atoms with Crippen LogP contribution in [0.2, 0.25) is 0 Å². The van der Waals surface area contributed by atoms with Crippen molar-refractivity contribution in [3.63, 3.8) is 0 Å². The third kappa shape index (κ3) is 3.93. The number of rotatable bonds is 4. The van der Waals surface area contributed by atoms with Crippen molar-refractivity contribution in [3.8, 4) is 6.07 Å². The maximum absolute atomic E-state index is 11.9. The molecule has 1 heterocycles. The molecule has 1 atom stereocenters. The van der Waals surface area contributed by atoms with E-state index in [9.17, 15) is 9.59 Å². The number of piperidine rings is 1. The summed E-state index contributed by atoms with van der Waals surface area (Å²) in [6.45, 7) is 0.603. The van der Waals surface area contributed by atoms with E-state index in [0.29, 0.717) is 18.7 Å². The Morgan fingerprint density at radius 2 is 2.29 bits per heavy atom. The first-order chi connectivity index (χ1) is 8.20. The summed E-state index contributed by atoms with van der Waals surface area (Å²) in [6, 6.07) is 1.53. The lowest BCUT2D eigenvalue weighted by atomic mass is 10.0. The number of ether oxygens (including phenoxy) is 1. The SMILES string of the molecule is COC(=O)C1CCCCN1C(=O)CSCC#N. The molecule has 1 fully saturated rings. The largest absolute Gasteiger partial charge is 0.467 e. The van der Waals surface area contributed by atoms with Gasteiger partial charge in [-0.2, -0.15) is 5.26 Å². The van der Waals surface area contributed by atoms with Crippen LogP contribution in [0.25, 0.3) is 0 Å². The van der Waals surface area contributed by atoms with Gasteiger partial charge in [0, 0.05) is 6.54 Å². The maximum atomic E-state index is 11.9. The number of methoxy groups -OCH3 is 1. The molecule has 0 spiro atoms. The summed E-state index contributed by atoms with van der Waals surface area (Å²) in [5, 5.41) is 8.40. The van der Waals surface area contributed by atoms with Crippen LogP contribution in [0.15, 0.2) is 0 Å². The van der Waals surface area contributed by atoms with Crippen LogP contribution in [-0.4, -0.2) is 48.0 Å². The predicted molar refractivity (Wildman–Crippen MR) is 64.3 cm³/mol. The van der Waals surface area contributed by atoms with Crippen LogP contribution in [-0.2, 0) is 14.3 Å². The van der Waals surface area contributed by atoms with E-state index in [4.69, 9.17) is 10.00 Å². The van der Waals surface area contributed by atoms with E-state index in [2.05, 4.69) is 0 Å². The molecule has 1 rings (SSSR count). The molecule has 1 saturated heterocycles. The fourth-order valence-corrected chi connectivity index (χ4v) is 2.41. The van der Waals surface area contributed by atoms with Crippen molar-refractivity contribution in [2.24, 2.45) is 0 Å². The van der Waals surface area contributed by atoms with Gasteiger partial charge in [0.15, 0.2) is 0 Å². The summed E-state index contributed by atoms with van der Waals surface area (Å²) in [7, 11) is 1.34. The van der Waals surface area contributed by atoms with Gasteiger partial charge >= 0.3 is 5.97 Å². The van der Waals surface area contributed by atoms with Crippen molar-refractivity contribution in [3.05, 3.63) is 0 Å². The summed E-state index contributed by atoms with van der Waals surface area (Å²) in [5.74, 6) is 0.118. The molecule has 1 aliphatic heterocycles. The van der Waals surface area contributed by atoms with E-state index >= 15 is 0 Å². The van der Waals surface area contributed by atoms with Gasteiger partial charge in [0.2, 0.25) is 5.91 Å². The number of hydrogen-bond donors (Lipinski definition) is 0. The van der Waals surface area contributed by atoms with Gasteiger partial charge in [-0.05, 0) is 19.3 Å².